The molecule has 0 heterocycles. The van der Waals surface area contributed by atoms with Crippen molar-refractivity contribution in [3.63, 3.8) is 0 Å². The third-order valence-corrected chi connectivity index (χ3v) is 9.03. The number of hydrogen-bond donors (Lipinski definition) is 0. The van der Waals surface area contributed by atoms with Gasteiger partial charge >= 0.3 is 0 Å². The Morgan fingerprint density at radius 3 is 1.44 bits per heavy atom. The van der Waals surface area contributed by atoms with Gasteiger partial charge in [-0.1, -0.05) is 110 Å². The average molecular weight is 375 g/mol. The van der Waals surface area contributed by atoms with Crippen molar-refractivity contribution >= 4 is 0 Å². The predicted octanol–water partition coefficient (Wildman–Crippen LogP) is 9.18. The third-order valence-electron chi connectivity index (χ3n) is 9.03. The van der Waals surface area contributed by atoms with Crippen LogP contribution >= 0.6 is 0 Å². The normalized spacial score (nSPS) is 38.0. The SMILES string of the molecule is CCCCCCC1CCC(CCC2CCC(C3CCC(C)CC3)CC2)CC1. The van der Waals surface area contributed by atoms with E-state index in [9.17, 15) is 0 Å². The molecule has 0 radical (unpaired) electrons. The van der Waals surface area contributed by atoms with Gasteiger partial charge in [0.1, 0.15) is 0 Å². The molecule has 0 aromatic rings. The Bertz CT molecular complexity index is 361. The molecule has 3 rings (SSSR count). The van der Waals surface area contributed by atoms with Crippen LogP contribution in [0.4, 0.5) is 0 Å². The molecule has 0 aromatic carbocycles. The van der Waals surface area contributed by atoms with Crippen LogP contribution in [-0.4, -0.2) is 0 Å². The standard InChI is InChI=1S/C27H50/c1-3-4-5-6-7-23-10-12-24(13-11-23)14-15-25-16-20-27(21-17-25)26-18-8-22(2)9-19-26/h22-27H,3-21H2,1-2H3. The molecule has 0 amide bonds. The molecule has 0 nitrogen and oxygen atoms in total. The number of hydrogen-bond acceptors (Lipinski definition) is 0. The Hall–Kier alpha value is 0. The fraction of sp³-hybridized carbons (Fsp3) is 1.00. The molecule has 0 aromatic heterocycles. The van der Waals surface area contributed by atoms with Crippen LogP contribution in [-0.2, 0) is 0 Å². The second-order valence-corrected chi connectivity index (χ2v) is 11.1. The maximum atomic E-state index is 2.47. The molecule has 3 fully saturated rings. The summed E-state index contributed by atoms with van der Waals surface area (Å²) in [4.78, 5) is 0. The molecule has 0 spiro atoms. The molecule has 0 heteroatoms. The van der Waals surface area contributed by atoms with Crippen molar-refractivity contribution < 1.29 is 0 Å². The van der Waals surface area contributed by atoms with E-state index in [1.54, 1.807) is 77.0 Å². The van der Waals surface area contributed by atoms with Gasteiger partial charge in [0.2, 0.25) is 0 Å². The summed E-state index contributed by atoms with van der Waals surface area (Å²) in [7, 11) is 0. The fourth-order valence-electron chi connectivity index (χ4n) is 6.85. The second-order valence-electron chi connectivity index (χ2n) is 11.1. The van der Waals surface area contributed by atoms with Crippen molar-refractivity contribution in [1.29, 1.82) is 0 Å². The first-order valence-electron chi connectivity index (χ1n) is 13.2. The van der Waals surface area contributed by atoms with Crippen LogP contribution in [0.5, 0.6) is 0 Å². The lowest BCUT2D eigenvalue weighted by atomic mass is 9.68. The van der Waals surface area contributed by atoms with Gasteiger partial charge in [-0.25, -0.2) is 0 Å². The second kappa shape index (κ2) is 11.9. The molecule has 3 saturated carbocycles. The van der Waals surface area contributed by atoms with Gasteiger partial charge in [-0.05, 0) is 61.2 Å². The van der Waals surface area contributed by atoms with E-state index < -0.39 is 0 Å². The van der Waals surface area contributed by atoms with Gasteiger partial charge in [0.25, 0.3) is 0 Å². The van der Waals surface area contributed by atoms with E-state index in [1.807, 2.05) is 0 Å². The molecule has 0 bridgehead atoms. The summed E-state index contributed by atoms with van der Waals surface area (Å²) in [5.74, 6) is 6.51. The molecule has 0 N–H and O–H groups in total. The lowest BCUT2D eigenvalue weighted by Crippen LogP contribution is -2.25. The van der Waals surface area contributed by atoms with E-state index in [4.69, 9.17) is 0 Å². The van der Waals surface area contributed by atoms with Crippen molar-refractivity contribution in [1.82, 2.24) is 0 Å². The lowest BCUT2D eigenvalue weighted by molar-refractivity contribution is 0.142. The number of unbranched alkanes of at least 4 members (excludes halogenated alkanes) is 3. The summed E-state index contributed by atoms with van der Waals surface area (Å²) in [5, 5.41) is 0. The topological polar surface area (TPSA) is 0 Å². The Balaban J connectivity index is 1.23. The van der Waals surface area contributed by atoms with Crippen molar-refractivity contribution in [3.8, 4) is 0 Å². The summed E-state index contributed by atoms with van der Waals surface area (Å²) in [5.41, 5.74) is 0. The van der Waals surface area contributed by atoms with Gasteiger partial charge < -0.3 is 0 Å². The molecule has 0 aliphatic heterocycles. The zero-order valence-corrected chi connectivity index (χ0v) is 18.9. The van der Waals surface area contributed by atoms with Crippen LogP contribution in [0, 0.1) is 35.5 Å². The Morgan fingerprint density at radius 1 is 0.481 bits per heavy atom. The highest BCUT2D eigenvalue weighted by atomic mass is 14.4. The van der Waals surface area contributed by atoms with Crippen LogP contribution < -0.4 is 0 Å². The molecule has 0 saturated heterocycles. The zero-order valence-electron chi connectivity index (χ0n) is 18.9. The molecule has 3 aliphatic carbocycles. The maximum absolute atomic E-state index is 2.47. The Labute approximate surface area is 171 Å². The zero-order chi connectivity index (χ0) is 18.9. The van der Waals surface area contributed by atoms with E-state index >= 15 is 0 Å². The first-order chi connectivity index (χ1) is 13.2. The van der Waals surface area contributed by atoms with Gasteiger partial charge in [-0.15, -0.1) is 0 Å². The quantitative estimate of drug-likeness (QED) is 0.353. The minimum atomic E-state index is 1.02. The van der Waals surface area contributed by atoms with E-state index in [2.05, 4.69) is 13.8 Å². The molecular weight excluding hydrogens is 324 g/mol. The minimum absolute atomic E-state index is 1.02. The van der Waals surface area contributed by atoms with Gasteiger partial charge in [0.05, 0.1) is 0 Å². The summed E-state index contributed by atoms with van der Waals surface area (Å²) < 4.78 is 0. The Morgan fingerprint density at radius 2 is 0.926 bits per heavy atom. The van der Waals surface area contributed by atoms with Crippen LogP contribution in [0.25, 0.3) is 0 Å². The molecule has 158 valence electrons. The van der Waals surface area contributed by atoms with Crippen molar-refractivity contribution in [2.45, 2.75) is 136 Å². The highest BCUT2D eigenvalue weighted by molar-refractivity contribution is 4.82. The monoisotopic (exact) mass is 374 g/mol. The predicted molar refractivity (Wildman–Crippen MR) is 120 cm³/mol. The van der Waals surface area contributed by atoms with Gasteiger partial charge in [-0.2, -0.15) is 0 Å². The summed E-state index contributed by atoms with van der Waals surface area (Å²) >= 11 is 0. The summed E-state index contributed by atoms with van der Waals surface area (Å²) in [6.45, 7) is 4.79. The number of rotatable bonds is 9. The van der Waals surface area contributed by atoms with Crippen molar-refractivity contribution in [2.24, 2.45) is 35.5 Å². The Kier molecular flexibility index (Phi) is 9.54. The van der Waals surface area contributed by atoms with Gasteiger partial charge in [0, 0.05) is 0 Å². The largest absolute Gasteiger partial charge is 0.0654 e. The van der Waals surface area contributed by atoms with Crippen molar-refractivity contribution in [2.75, 3.05) is 0 Å². The van der Waals surface area contributed by atoms with Crippen molar-refractivity contribution in [3.05, 3.63) is 0 Å². The fourth-order valence-corrected chi connectivity index (χ4v) is 6.85. The van der Waals surface area contributed by atoms with E-state index in [0.717, 1.165) is 35.5 Å². The van der Waals surface area contributed by atoms with Crippen LogP contribution in [0.1, 0.15) is 136 Å². The highest BCUT2D eigenvalue weighted by Crippen LogP contribution is 2.43. The van der Waals surface area contributed by atoms with E-state index in [0.29, 0.717) is 0 Å². The van der Waals surface area contributed by atoms with Crippen LogP contribution in [0.3, 0.4) is 0 Å². The first-order valence-corrected chi connectivity index (χ1v) is 13.2. The highest BCUT2D eigenvalue weighted by Gasteiger charge is 2.30. The van der Waals surface area contributed by atoms with Crippen LogP contribution in [0.15, 0.2) is 0 Å². The molecule has 27 heavy (non-hydrogen) atoms. The maximum Gasteiger partial charge on any atom is -0.0386 e. The lowest BCUT2D eigenvalue weighted by Gasteiger charge is -2.37. The van der Waals surface area contributed by atoms with Gasteiger partial charge in [0.15, 0.2) is 0 Å². The minimum Gasteiger partial charge on any atom is -0.0654 e. The molecule has 3 aliphatic rings. The molecule has 0 unspecified atom stereocenters. The summed E-state index contributed by atoms with van der Waals surface area (Å²) in [6.07, 6.45) is 29.2. The third kappa shape index (κ3) is 7.40. The first kappa shape index (κ1) is 21.7. The van der Waals surface area contributed by atoms with E-state index in [-0.39, 0.29) is 0 Å². The van der Waals surface area contributed by atoms with Gasteiger partial charge in [-0.3, -0.25) is 0 Å². The summed E-state index contributed by atoms with van der Waals surface area (Å²) in [6, 6.07) is 0. The van der Waals surface area contributed by atoms with Crippen LogP contribution in [0.2, 0.25) is 0 Å². The smallest absolute Gasteiger partial charge is 0.0386 e. The average Bonchev–Trinajstić information content (AvgIpc) is 2.72. The molecular formula is C27H50. The molecule has 0 atom stereocenters. The van der Waals surface area contributed by atoms with E-state index in [1.165, 1.54) is 44.9 Å².